The van der Waals surface area contributed by atoms with Crippen LogP contribution in [0.3, 0.4) is 0 Å². The topological polar surface area (TPSA) is 43.4 Å². The predicted molar refractivity (Wildman–Crippen MR) is 64.8 cm³/mol. The summed E-state index contributed by atoms with van der Waals surface area (Å²) in [4.78, 5) is 22.1. The first-order chi connectivity index (χ1) is 7.61. The third-order valence-corrected chi connectivity index (χ3v) is 2.35. The van der Waals surface area contributed by atoms with Crippen molar-refractivity contribution in [3.63, 3.8) is 0 Å². The molecule has 1 aromatic carbocycles. The number of carbonyl (C=O) groups excluding carboxylic acids is 2. The van der Waals surface area contributed by atoms with Gasteiger partial charge in [-0.2, -0.15) is 0 Å². The summed E-state index contributed by atoms with van der Waals surface area (Å²) in [7, 11) is 1.26. The van der Waals surface area contributed by atoms with Crippen molar-refractivity contribution in [2.45, 2.75) is 6.42 Å². The van der Waals surface area contributed by atoms with Crippen molar-refractivity contribution < 1.29 is 14.3 Å². The SMILES string of the molecule is COC(=O)CC(=O)C=Cc1cccc(Br)c1. The zero-order valence-electron chi connectivity index (χ0n) is 8.77. The Labute approximate surface area is 102 Å². The number of benzene rings is 1. The lowest BCUT2D eigenvalue weighted by molar-refractivity contribution is -0.142. The van der Waals surface area contributed by atoms with Gasteiger partial charge in [0.25, 0.3) is 0 Å². The molecule has 4 heteroatoms. The Morgan fingerprint density at radius 2 is 2.19 bits per heavy atom. The minimum Gasteiger partial charge on any atom is -0.469 e. The minimum absolute atomic E-state index is 0.221. The molecule has 0 saturated heterocycles. The lowest BCUT2D eigenvalue weighted by atomic mass is 10.2. The molecule has 0 amide bonds. The van der Waals surface area contributed by atoms with Crippen molar-refractivity contribution in [3.05, 3.63) is 40.4 Å². The van der Waals surface area contributed by atoms with Crippen LogP contribution in [0.1, 0.15) is 12.0 Å². The molecule has 0 fully saturated rings. The van der Waals surface area contributed by atoms with Crippen LogP contribution in [0.4, 0.5) is 0 Å². The van der Waals surface area contributed by atoms with Gasteiger partial charge in [-0.25, -0.2) is 0 Å². The number of allylic oxidation sites excluding steroid dienone is 1. The van der Waals surface area contributed by atoms with E-state index in [1.165, 1.54) is 13.2 Å². The van der Waals surface area contributed by atoms with Crippen LogP contribution in [0.25, 0.3) is 6.08 Å². The van der Waals surface area contributed by atoms with E-state index in [2.05, 4.69) is 20.7 Å². The van der Waals surface area contributed by atoms with Crippen molar-refractivity contribution in [2.75, 3.05) is 7.11 Å². The van der Waals surface area contributed by atoms with Gasteiger partial charge in [-0.15, -0.1) is 0 Å². The Bertz CT molecular complexity index is 424. The maximum atomic E-state index is 11.3. The molecule has 3 nitrogen and oxygen atoms in total. The minimum atomic E-state index is -0.524. The van der Waals surface area contributed by atoms with E-state index in [9.17, 15) is 9.59 Å². The fourth-order valence-electron chi connectivity index (χ4n) is 1.07. The lowest BCUT2D eigenvalue weighted by Gasteiger charge is -1.95. The van der Waals surface area contributed by atoms with Gasteiger partial charge in [-0.05, 0) is 23.8 Å². The molecule has 0 N–H and O–H groups in total. The molecule has 1 aromatic rings. The molecule has 0 aliphatic carbocycles. The molecule has 0 spiro atoms. The normalized spacial score (nSPS) is 10.4. The van der Waals surface area contributed by atoms with Crippen LogP contribution < -0.4 is 0 Å². The molecule has 0 atom stereocenters. The van der Waals surface area contributed by atoms with Crippen molar-refractivity contribution in [1.82, 2.24) is 0 Å². The van der Waals surface area contributed by atoms with Crippen molar-refractivity contribution in [1.29, 1.82) is 0 Å². The molecular weight excluding hydrogens is 272 g/mol. The summed E-state index contributed by atoms with van der Waals surface area (Å²) in [6, 6.07) is 7.51. The Hall–Kier alpha value is -1.42. The fourth-order valence-corrected chi connectivity index (χ4v) is 1.49. The number of esters is 1. The molecule has 0 saturated carbocycles. The maximum Gasteiger partial charge on any atom is 0.313 e. The molecule has 0 aliphatic heterocycles. The van der Waals surface area contributed by atoms with Crippen LogP contribution >= 0.6 is 15.9 Å². The number of hydrogen-bond donors (Lipinski definition) is 0. The highest BCUT2D eigenvalue weighted by molar-refractivity contribution is 9.10. The second kappa shape index (κ2) is 6.23. The summed E-state index contributed by atoms with van der Waals surface area (Å²) in [5.41, 5.74) is 0.896. The van der Waals surface area contributed by atoms with Gasteiger partial charge in [0.15, 0.2) is 5.78 Å². The van der Waals surface area contributed by atoms with Gasteiger partial charge in [0, 0.05) is 4.47 Å². The second-order valence-electron chi connectivity index (χ2n) is 3.11. The van der Waals surface area contributed by atoms with E-state index in [4.69, 9.17) is 0 Å². The van der Waals surface area contributed by atoms with Gasteiger partial charge in [-0.3, -0.25) is 9.59 Å². The van der Waals surface area contributed by atoms with Crippen LogP contribution in [-0.2, 0) is 14.3 Å². The summed E-state index contributed by atoms with van der Waals surface area (Å²) < 4.78 is 5.33. The lowest BCUT2D eigenvalue weighted by Crippen LogP contribution is -2.06. The van der Waals surface area contributed by atoms with Crippen molar-refractivity contribution >= 4 is 33.8 Å². The first kappa shape index (κ1) is 12.6. The van der Waals surface area contributed by atoms with Gasteiger partial charge < -0.3 is 4.74 Å². The highest BCUT2D eigenvalue weighted by Crippen LogP contribution is 2.12. The monoisotopic (exact) mass is 282 g/mol. The van der Waals surface area contributed by atoms with Crippen LogP contribution in [-0.4, -0.2) is 18.9 Å². The Kier molecular flexibility index (Phi) is 4.92. The number of carbonyl (C=O) groups is 2. The van der Waals surface area contributed by atoms with Gasteiger partial charge in [0.05, 0.1) is 7.11 Å². The summed E-state index contributed by atoms with van der Waals surface area (Å²) >= 11 is 3.33. The summed E-state index contributed by atoms with van der Waals surface area (Å²) in [6.45, 7) is 0. The molecule has 1 rings (SSSR count). The van der Waals surface area contributed by atoms with Crippen LogP contribution in [0.15, 0.2) is 34.8 Å². The largest absolute Gasteiger partial charge is 0.469 e. The molecule has 0 aromatic heterocycles. The summed E-state index contributed by atoms with van der Waals surface area (Å²) in [5.74, 6) is -0.796. The molecule has 84 valence electrons. The Balaban J connectivity index is 2.60. The van der Waals surface area contributed by atoms with Crippen LogP contribution in [0.2, 0.25) is 0 Å². The van der Waals surface area contributed by atoms with E-state index >= 15 is 0 Å². The van der Waals surface area contributed by atoms with Gasteiger partial charge in [0.1, 0.15) is 6.42 Å². The Morgan fingerprint density at radius 3 is 2.81 bits per heavy atom. The molecule has 0 unspecified atom stereocenters. The zero-order valence-corrected chi connectivity index (χ0v) is 10.4. The Morgan fingerprint density at radius 1 is 1.44 bits per heavy atom. The third kappa shape index (κ3) is 4.40. The van der Waals surface area contributed by atoms with Crippen LogP contribution in [0, 0.1) is 0 Å². The van der Waals surface area contributed by atoms with Gasteiger partial charge in [-0.1, -0.05) is 34.1 Å². The fraction of sp³-hybridized carbons (Fsp3) is 0.167. The first-order valence-electron chi connectivity index (χ1n) is 4.65. The van der Waals surface area contributed by atoms with E-state index in [0.29, 0.717) is 0 Å². The number of hydrogen-bond acceptors (Lipinski definition) is 3. The zero-order chi connectivity index (χ0) is 12.0. The van der Waals surface area contributed by atoms with Gasteiger partial charge in [0.2, 0.25) is 0 Å². The highest BCUT2D eigenvalue weighted by Gasteiger charge is 2.05. The average molecular weight is 283 g/mol. The van der Waals surface area contributed by atoms with Crippen molar-refractivity contribution in [2.24, 2.45) is 0 Å². The maximum absolute atomic E-state index is 11.3. The van der Waals surface area contributed by atoms with E-state index in [-0.39, 0.29) is 12.2 Å². The third-order valence-electron chi connectivity index (χ3n) is 1.86. The quantitative estimate of drug-likeness (QED) is 0.484. The first-order valence-corrected chi connectivity index (χ1v) is 5.44. The summed E-state index contributed by atoms with van der Waals surface area (Å²) in [6.07, 6.45) is 2.82. The van der Waals surface area contributed by atoms with E-state index in [1.54, 1.807) is 6.08 Å². The number of ketones is 1. The molecule has 0 bridgehead atoms. The van der Waals surface area contributed by atoms with Crippen molar-refractivity contribution in [3.8, 4) is 0 Å². The molecule has 0 heterocycles. The van der Waals surface area contributed by atoms with Crippen LogP contribution in [0.5, 0.6) is 0 Å². The van der Waals surface area contributed by atoms with E-state index in [1.807, 2.05) is 24.3 Å². The smallest absolute Gasteiger partial charge is 0.313 e. The standard InChI is InChI=1S/C12H11BrO3/c1-16-12(15)8-11(14)6-5-9-3-2-4-10(13)7-9/h2-7H,8H2,1H3. The predicted octanol–water partition coefficient (Wildman–Crippen LogP) is 2.59. The second-order valence-corrected chi connectivity index (χ2v) is 4.02. The molecule has 0 aliphatic rings. The highest BCUT2D eigenvalue weighted by atomic mass is 79.9. The number of rotatable bonds is 4. The number of methoxy groups -OCH3 is 1. The van der Waals surface area contributed by atoms with E-state index < -0.39 is 5.97 Å². The summed E-state index contributed by atoms with van der Waals surface area (Å²) in [5, 5.41) is 0. The molecule has 0 radical (unpaired) electrons. The molecule has 16 heavy (non-hydrogen) atoms. The van der Waals surface area contributed by atoms with E-state index in [0.717, 1.165) is 10.0 Å². The van der Waals surface area contributed by atoms with Gasteiger partial charge >= 0.3 is 5.97 Å². The number of ether oxygens (including phenoxy) is 1. The molecular formula is C12H11BrO3. The average Bonchev–Trinajstić information content (AvgIpc) is 2.26. The number of halogens is 1.